The van der Waals surface area contributed by atoms with Gasteiger partial charge in [-0.2, -0.15) is 5.10 Å². The molecule has 3 heterocycles. The van der Waals surface area contributed by atoms with E-state index in [9.17, 15) is 9.59 Å². The first kappa shape index (κ1) is 17.4. The molecule has 3 rings (SSSR count). The van der Waals surface area contributed by atoms with Crippen LogP contribution in [0.5, 0.6) is 0 Å². The number of nitrogens with one attached hydrogen (secondary N) is 1. The maximum atomic E-state index is 12.6. The number of pyridine rings is 1. The molecule has 0 bridgehead atoms. The van der Waals surface area contributed by atoms with E-state index >= 15 is 0 Å². The average Bonchev–Trinajstić information content (AvgIpc) is 2.97. The van der Waals surface area contributed by atoms with Crippen LogP contribution in [0.1, 0.15) is 38.2 Å². The summed E-state index contributed by atoms with van der Waals surface area (Å²) in [6.45, 7) is 5.52. The van der Waals surface area contributed by atoms with Crippen molar-refractivity contribution in [2.24, 2.45) is 0 Å². The van der Waals surface area contributed by atoms with Crippen molar-refractivity contribution in [3.63, 3.8) is 0 Å². The molecule has 0 spiro atoms. The summed E-state index contributed by atoms with van der Waals surface area (Å²) in [4.78, 5) is 30.5. The van der Waals surface area contributed by atoms with E-state index < -0.39 is 0 Å². The molecule has 2 aromatic heterocycles. The van der Waals surface area contributed by atoms with Crippen LogP contribution in [0.25, 0.3) is 11.0 Å². The molecule has 1 saturated heterocycles. The lowest BCUT2D eigenvalue weighted by Gasteiger charge is -2.32. The molecule has 2 amide bonds. The monoisotopic (exact) mass is 343 g/mol. The van der Waals surface area contributed by atoms with E-state index in [-0.39, 0.29) is 24.4 Å². The Morgan fingerprint density at radius 3 is 2.76 bits per heavy atom. The Kier molecular flexibility index (Phi) is 5.31. The minimum absolute atomic E-state index is 0.0470. The van der Waals surface area contributed by atoms with Gasteiger partial charge >= 0.3 is 0 Å². The summed E-state index contributed by atoms with van der Waals surface area (Å²) in [6, 6.07) is 2.19. The number of carbonyl (C=O) groups is 2. The van der Waals surface area contributed by atoms with Crippen LogP contribution in [0.3, 0.4) is 0 Å². The van der Waals surface area contributed by atoms with Gasteiger partial charge in [-0.05, 0) is 37.8 Å². The molecule has 2 aromatic rings. The van der Waals surface area contributed by atoms with Crippen LogP contribution in [0, 0.1) is 6.92 Å². The Balaban J connectivity index is 1.55. The molecule has 0 aromatic carbocycles. The summed E-state index contributed by atoms with van der Waals surface area (Å²) >= 11 is 0. The third-order valence-corrected chi connectivity index (χ3v) is 4.59. The quantitative estimate of drug-likeness (QED) is 0.895. The third-order valence-electron chi connectivity index (χ3n) is 4.59. The van der Waals surface area contributed by atoms with E-state index in [0.717, 1.165) is 35.9 Å². The number of nitrogens with zero attached hydrogens (tertiary/aromatic N) is 4. The number of aromatic nitrogens is 3. The normalized spacial score (nSPS) is 15.5. The van der Waals surface area contributed by atoms with Crippen LogP contribution in [0.15, 0.2) is 18.5 Å². The number of aryl methyl sites for hydroxylation is 1. The molecule has 7 nitrogen and oxygen atoms in total. The molecular weight excluding hydrogens is 318 g/mol. The molecule has 0 saturated carbocycles. The second-order valence-corrected chi connectivity index (χ2v) is 6.70. The first-order valence-electron chi connectivity index (χ1n) is 8.92. The Bertz CT molecular complexity index is 762. The third kappa shape index (κ3) is 4.15. The fraction of sp³-hybridized carbons (Fsp3) is 0.556. The zero-order valence-corrected chi connectivity index (χ0v) is 14.9. The van der Waals surface area contributed by atoms with Crippen LogP contribution in [-0.2, 0) is 16.1 Å². The first-order valence-corrected chi connectivity index (χ1v) is 8.92. The van der Waals surface area contributed by atoms with Gasteiger partial charge in [-0.1, -0.05) is 6.92 Å². The topological polar surface area (TPSA) is 80.1 Å². The van der Waals surface area contributed by atoms with Crippen molar-refractivity contribution in [2.75, 3.05) is 13.1 Å². The van der Waals surface area contributed by atoms with Crippen LogP contribution >= 0.6 is 0 Å². The lowest BCUT2D eigenvalue weighted by molar-refractivity contribution is -0.133. The molecule has 0 radical (unpaired) electrons. The Hall–Kier alpha value is -2.44. The molecule has 25 heavy (non-hydrogen) atoms. The minimum atomic E-state index is 0.0470. The zero-order valence-electron chi connectivity index (χ0n) is 14.9. The highest BCUT2D eigenvalue weighted by atomic mass is 16.2. The van der Waals surface area contributed by atoms with E-state index in [1.54, 1.807) is 17.1 Å². The summed E-state index contributed by atoms with van der Waals surface area (Å²) in [5.74, 6) is 0.155. The van der Waals surface area contributed by atoms with Gasteiger partial charge < -0.3 is 10.2 Å². The van der Waals surface area contributed by atoms with Crippen molar-refractivity contribution in [3.05, 3.63) is 24.0 Å². The molecule has 1 aliphatic rings. The van der Waals surface area contributed by atoms with E-state index in [4.69, 9.17) is 0 Å². The molecule has 1 N–H and O–H groups in total. The van der Waals surface area contributed by atoms with Crippen molar-refractivity contribution in [3.8, 4) is 0 Å². The number of likely N-dealkylation sites (tertiary alicyclic amines) is 1. The van der Waals surface area contributed by atoms with Gasteiger partial charge in [0.25, 0.3) is 0 Å². The van der Waals surface area contributed by atoms with Crippen molar-refractivity contribution < 1.29 is 9.59 Å². The van der Waals surface area contributed by atoms with Gasteiger partial charge in [-0.25, -0.2) is 9.67 Å². The molecule has 0 unspecified atom stereocenters. The maximum Gasteiger partial charge on any atom is 0.244 e. The molecular formula is C18H25N5O2. The van der Waals surface area contributed by atoms with Crippen molar-refractivity contribution in [1.29, 1.82) is 0 Å². The number of fused-ring (bicyclic) bond motifs is 1. The average molecular weight is 343 g/mol. The fourth-order valence-corrected chi connectivity index (χ4v) is 3.23. The summed E-state index contributed by atoms with van der Waals surface area (Å²) in [6.07, 6.45) is 6.57. The van der Waals surface area contributed by atoms with Gasteiger partial charge in [0, 0.05) is 37.1 Å². The summed E-state index contributed by atoms with van der Waals surface area (Å²) in [5, 5.41) is 8.29. The molecule has 1 fully saturated rings. The molecule has 1 aliphatic heterocycles. The zero-order chi connectivity index (χ0) is 17.8. The Morgan fingerprint density at radius 1 is 1.28 bits per heavy atom. The predicted molar refractivity (Wildman–Crippen MR) is 94.9 cm³/mol. The summed E-state index contributed by atoms with van der Waals surface area (Å²) in [7, 11) is 0. The Labute approximate surface area is 147 Å². The van der Waals surface area contributed by atoms with Gasteiger partial charge in [0.15, 0.2) is 5.65 Å². The number of hydrogen-bond acceptors (Lipinski definition) is 4. The van der Waals surface area contributed by atoms with Crippen LogP contribution in [0.2, 0.25) is 0 Å². The number of piperidine rings is 1. The number of rotatable bonds is 5. The second kappa shape index (κ2) is 7.63. The fourth-order valence-electron chi connectivity index (χ4n) is 3.23. The molecule has 134 valence electrons. The lowest BCUT2D eigenvalue weighted by Crippen LogP contribution is -2.47. The van der Waals surface area contributed by atoms with Gasteiger partial charge in [0.1, 0.15) is 6.54 Å². The second-order valence-electron chi connectivity index (χ2n) is 6.70. The summed E-state index contributed by atoms with van der Waals surface area (Å²) < 4.78 is 1.66. The summed E-state index contributed by atoms with van der Waals surface area (Å²) in [5.41, 5.74) is 1.81. The lowest BCUT2D eigenvalue weighted by atomic mass is 10.0. The predicted octanol–water partition coefficient (Wildman–Crippen LogP) is 1.65. The largest absolute Gasteiger partial charge is 0.353 e. The number of amides is 2. The van der Waals surface area contributed by atoms with E-state index in [1.807, 2.05) is 24.8 Å². The van der Waals surface area contributed by atoms with Gasteiger partial charge in [0.05, 0.1) is 6.20 Å². The first-order chi connectivity index (χ1) is 12.1. The molecule has 0 aliphatic carbocycles. The number of hydrogen-bond donors (Lipinski definition) is 1. The van der Waals surface area contributed by atoms with Gasteiger partial charge in [0.2, 0.25) is 11.8 Å². The van der Waals surface area contributed by atoms with Crippen LogP contribution in [-0.4, -0.2) is 50.6 Å². The SMILES string of the molecule is CCCC(=O)NC1CCN(C(=O)Cn2ncc3cc(C)cnc32)CC1. The van der Waals surface area contributed by atoms with Crippen molar-refractivity contribution >= 4 is 22.8 Å². The minimum Gasteiger partial charge on any atom is -0.353 e. The highest BCUT2D eigenvalue weighted by Gasteiger charge is 2.24. The van der Waals surface area contributed by atoms with Crippen LogP contribution in [0.4, 0.5) is 0 Å². The van der Waals surface area contributed by atoms with E-state index in [1.165, 1.54) is 0 Å². The highest BCUT2D eigenvalue weighted by molar-refractivity contribution is 5.80. The van der Waals surface area contributed by atoms with Gasteiger partial charge in [-0.15, -0.1) is 0 Å². The smallest absolute Gasteiger partial charge is 0.244 e. The standard InChI is InChI=1S/C18H25N5O2/c1-3-4-16(24)21-15-5-7-22(8-6-15)17(25)12-23-18-14(11-20-23)9-13(2)10-19-18/h9-11,15H,3-8,12H2,1-2H3,(H,21,24). The number of carbonyl (C=O) groups excluding carboxylic acids is 2. The highest BCUT2D eigenvalue weighted by Crippen LogP contribution is 2.15. The van der Waals surface area contributed by atoms with Crippen molar-refractivity contribution in [2.45, 2.75) is 52.1 Å². The van der Waals surface area contributed by atoms with E-state index in [0.29, 0.717) is 19.5 Å². The van der Waals surface area contributed by atoms with Crippen molar-refractivity contribution in [1.82, 2.24) is 25.0 Å². The van der Waals surface area contributed by atoms with E-state index in [2.05, 4.69) is 15.4 Å². The maximum absolute atomic E-state index is 12.6. The van der Waals surface area contributed by atoms with Crippen LogP contribution < -0.4 is 5.32 Å². The van der Waals surface area contributed by atoms with Gasteiger partial charge in [-0.3, -0.25) is 9.59 Å². The Morgan fingerprint density at radius 2 is 2.04 bits per heavy atom. The molecule has 7 heteroatoms. The molecule has 0 atom stereocenters.